The summed E-state index contributed by atoms with van der Waals surface area (Å²) in [5, 5.41) is 13.3. The maximum Gasteiger partial charge on any atom is 0.115 e. The van der Waals surface area contributed by atoms with Gasteiger partial charge in [0.1, 0.15) is 5.75 Å². The second-order valence-corrected chi connectivity index (χ2v) is 7.19. The number of aryl methyl sites for hydroxylation is 3. The molecule has 0 bridgehead atoms. The standard InChI is InChI=1S/C17H21NOS/c1-10-8-16(12(3)20-10)11(2)18-17-7-4-13-9-14(19)5-6-15(13)17/h5-6,8-9,11,17-19H,4,7H2,1-3H3. The van der Waals surface area contributed by atoms with Gasteiger partial charge in [-0.1, -0.05) is 6.07 Å². The SMILES string of the molecule is Cc1cc(C(C)NC2CCc3cc(O)ccc32)c(C)s1. The molecule has 1 aliphatic rings. The molecule has 0 spiro atoms. The van der Waals surface area contributed by atoms with Crippen molar-refractivity contribution < 1.29 is 5.11 Å². The fourth-order valence-electron chi connectivity index (χ4n) is 3.25. The highest BCUT2D eigenvalue weighted by molar-refractivity contribution is 7.12. The van der Waals surface area contributed by atoms with E-state index in [0.29, 0.717) is 17.8 Å². The van der Waals surface area contributed by atoms with Gasteiger partial charge in [0.2, 0.25) is 0 Å². The third-order valence-electron chi connectivity index (χ3n) is 4.20. The highest BCUT2D eigenvalue weighted by Gasteiger charge is 2.24. The zero-order valence-corrected chi connectivity index (χ0v) is 13.1. The number of phenolic OH excluding ortho intramolecular Hbond substituents is 1. The molecule has 0 aliphatic heterocycles. The van der Waals surface area contributed by atoms with Crippen LogP contribution < -0.4 is 5.32 Å². The van der Waals surface area contributed by atoms with Crippen LogP contribution in [-0.4, -0.2) is 5.11 Å². The molecular weight excluding hydrogens is 266 g/mol. The van der Waals surface area contributed by atoms with E-state index in [1.165, 1.54) is 26.4 Å². The lowest BCUT2D eigenvalue weighted by atomic mass is 10.0. The van der Waals surface area contributed by atoms with Crippen molar-refractivity contribution in [1.82, 2.24) is 5.32 Å². The number of thiophene rings is 1. The van der Waals surface area contributed by atoms with E-state index in [2.05, 4.69) is 38.2 Å². The zero-order chi connectivity index (χ0) is 14.3. The molecule has 1 aliphatic carbocycles. The van der Waals surface area contributed by atoms with Gasteiger partial charge in [-0.3, -0.25) is 0 Å². The van der Waals surface area contributed by atoms with Crippen molar-refractivity contribution in [1.29, 1.82) is 0 Å². The van der Waals surface area contributed by atoms with Crippen molar-refractivity contribution in [3.63, 3.8) is 0 Å². The molecule has 3 rings (SSSR count). The van der Waals surface area contributed by atoms with Crippen molar-refractivity contribution in [3.8, 4) is 5.75 Å². The molecule has 0 amide bonds. The highest BCUT2D eigenvalue weighted by Crippen LogP contribution is 2.36. The predicted octanol–water partition coefficient (Wildman–Crippen LogP) is 4.41. The lowest BCUT2D eigenvalue weighted by Crippen LogP contribution is -2.23. The van der Waals surface area contributed by atoms with Crippen LogP contribution in [0.25, 0.3) is 0 Å². The van der Waals surface area contributed by atoms with E-state index in [4.69, 9.17) is 0 Å². The summed E-state index contributed by atoms with van der Waals surface area (Å²) in [6.07, 6.45) is 2.17. The summed E-state index contributed by atoms with van der Waals surface area (Å²) < 4.78 is 0. The van der Waals surface area contributed by atoms with E-state index in [0.717, 1.165) is 12.8 Å². The Morgan fingerprint density at radius 1 is 1.30 bits per heavy atom. The molecule has 2 N–H and O–H groups in total. The largest absolute Gasteiger partial charge is 0.508 e. The average Bonchev–Trinajstić information content (AvgIpc) is 2.93. The minimum Gasteiger partial charge on any atom is -0.508 e. The van der Waals surface area contributed by atoms with Gasteiger partial charge in [-0.2, -0.15) is 0 Å². The van der Waals surface area contributed by atoms with Crippen molar-refractivity contribution in [2.45, 2.75) is 45.7 Å². The van der Waals surface area contributed by atoms with Crippen LogP contribution in [0.15, 0.2) is 24.3 Å². The van der Waals surface area contributed by atoms with Crippen molar-refractivity contribution in [2.24, 2.45) is 0 Å². The Morgan fingerprint density at radius 2 is 2.10 bits per heavy atom. The van der Waals surface area contributed by atoms with Gasteiger partial charge < -0.3 is 10.4 Å². The van der Waals surface area contributed by atoms with Crippen LogP contribution in [0.2, 0.25) is 0 Å². The predicted molar refractivity (Wildman–Crippen MR) is 84.5 cm³/mol. The summed E-state index contributed by atoms with van der Waals surface area (Å²) in [7, 11) is 0. The number of phenols is 1. The van der Waals surface area contributed by atoms with Gasteiger partial charge in [-0.05, 0) is 68.5 Å². The summed E-state index contributed by atoms with van der Waals surface area (Å²) in [5.74, 6) is 0.377. The van der Waals surface area contributed by atoms with Crippen LogP contribution in [0.5, 0.6) is 5.75 Å². The van der Waals surface area contributed by atoms with Gasteiger partial charge in [0.25, 0.3) is 0 Å². The van der Waals surface area contributed by atoms with Crippen LogP contribution in [0.1, 0.15) is 51.9 Å². The fraction of sp³-hybridized carbons (Fsp3) is 0.412. The fourth-order valence-corrected chi connectivity index (χ4v) is 4.27. The third kappa shape index (κ3) is 2.48. The second-order valence-electron chi connectivity index (χ2n) is 5.73. The van der Waals surface area contributed by atoms with Crippen molar-refractivity contribution >= 4 is 11.3 Å². The lowest BCUT2D eigenvalue weighted by Gasteiger charge is -2.20. The number of rotatable bonds is 3. The van der Waals surface area contributed by atoms with Gasteiger partial charge >= 0.3 is 0 Å². The Hall–Kier alpha value is -1.32. The summed E-state index contributed by atoms with van der Waals surface area (Å²) >= 11 is 1.87. The molecule has 20 heavy (non-hydrogen) atoms. The summed E-state index contributed by atoms with van der Waals surface area (Å²) in [5.41, 5.74) is 4.05. The van der Waals surface area contributed by atoms with Gasteiger partial charge in [-0.15, -0.1) is 11.3 Å². The highest BCUT2D eigenvalue weighted by atomic mass is 32.1. The monoisotopic (exact) mass is 287 g/mol. The van der Waals surface area contributed by atoms with E-state index < -0.39 is 0 Å². The maximum atomic E-state index is 9.56. The smallest absolute Gasteiger partial charge is 0.115 e. The summed E-state index contributed by atoms with van der Waals surface area (Å²) in [6, 6.07) is 8.83. The first-order valence-electron chi connectivity index (χ1n) is 7.19. The minimum atomic E-state index is 0.365. The molecule has 2 unspecified atom stereocenters. The van der Waals surface area contributed by atoms with Crippen LogP contribution in [0.3, 0.4) is 0 Å². The normalized spacial score (nSPS) is 19.1. The molecule has 2 atom stereocenters. The van der Waals surface area contributed by atoms with Crippen LogP contribution in [0.4, 0.5) is 0 Å². The number of hydrogen-bond acceptors (Lipinski definition) is 3. The molecule has 0 fully saturated rings. The van der Waals surface area contributed by atoms with E-state index in [-0.39, 0.29) is 0 Å². The number of benzene rings is 1. The van der Waals surface area contributed by atoms with E-state index in [1.807, 2.05) is 17.4 Å². The summed E-state index contributed by atoms with van der Waals surface area (Å²) in [6.45, 7) is 6.61. The first-order chi connectivity index (χ1) is 9.54. The molecule has 0 radical (unpaired) electrons. The lowest BCUT2D eigenvalue weighted by molar-refractivity contribution is 0.463. The van der Waals surface area contributed by atoms with E-state index in [9.17, 15) is 5.11 Å². The number of fused-ring (bicyclic) bond motifs is 1. The molecular formula is C17H21NOS. The molecule has 2 nitrogen and oxygen atoms in total. The molecule has 2 aromatic rings. The minimum absolute atomic E-state index is 0.365. The number of nitrogens with one attached hydrogen (secondary N) is 1. The maximum absolute atomic E-state index is 9.56. The van der Waals surface area contributed by atoms with Gasteiger partial charge in [0.05, 0.1) is 0 Å². The zero-order valence-electron chi connectivity index (χ0n) is 12.2. The Kier molecular flexibility index (Phi) is 3.57. The van der Waals surface area contributed by atoms with Crippen molar-refractivity contribution in [2.75, 3.05) is 0 Å². The molecule has 1 aromatic carbocycles. The molecule has 106 valence electrons. The number of aromatic hydroxyl groups is 1. The molecule has 1 aromatic heterocycles. The third-order valence-corrected chi connectivity index (χ3v) is 5.18. The molecule has 3 heteroatoms. The van der Waals surface area contributed by atoms with Gasteiger partial charge in [0, 0.05) is 21.8 Å². The first-order valence-corrected chi connectivity index (χ1v) is 8.01. The Bertz CT molecular complexity index is 632. The van der Waals surface area contributed by atoms with Crippen LogP contribution in [0, 0.1) is 13.8 Å². The van der Waals surface area contributed by atoms with Gasteiger partial charge in [0.15, 0.2) is 0 Å². The second kappa shape index (κ2) is 5.23. The Morgan fingerprint density at radius 3 is 2.80 bits per heavy atom. The van der Waals surface area contributed by atoms with Crippen LogP contribution >= 0.6 is 11.3 Å². The Balaban J connectivity index is 1.79. The average molecular weight is 287 g/mol. The number of hydrogen-bond donors (Lipinski definition) is 2. The van der Waals surface area contributed by atoms with Crippen LogP contribution in [-0.2, 0) is 6.42 Å². The Labute approximate surface area is 124 Å². The quantitative estimate of drug-likeness (QED) is 0.876. The molecule has 0 saturated heterocycles. The first kappa shape index (κ1) is 13.7. The van der Waals surface area contributed by atoms with Crippen molar-refractivity contribution in [3.05, 3.63) is 50.7 Å². The van der Waals surface area contributed by atoms with E-state index >= 15 is 0 Å². The topological polar surface area (TPSA) is 32.3 Å². The summed E-state index contributed by atoms with van der Waals surface area (Å²) in [4.78, 5) is 2.79. The molecule has 1 heterocycles. The van der Waals surface area contributed by atoms with E-state index in [1.54, 1.807) is 6.07 Å². The molecule has 0 saturated carbocycles. The van der Waals surface area contributed by atoms with Gasteiger partial charge in [-0.25, -0.2) is 0 Å².